The first-order valence-electron chi connectivity index (χ1n) is 6.50. The van der Waals surface area contributed by atoms with Crippen LogP contribution in [0.4, 0.5) is 3.55 Å². The van der Waals surface area contributed by atoms with Crippen LogP contribution in [0.2, 0.25) is 0 Å². The van der Waals surface area contributed by atoms with Gasteiger partial charge in [-0.1, -0.05) is 0 Å². The molecular formula is C18H15FSe. The summed E-state index contributed by atoms with van der Waals surface area (Å²) in [6, 6.07) is 28.7. The van der Waals surface area contributed by atoms with E-state index in [-0.39, 0.29) is 0 Å². The molecule has 0 radical (unpaired) electrons. The molecule has 20 heavy (non-hydrogen) atoms. The molecule has 0 unspecified atom stereocenters. The van der Waals surface area contributed by atoms with E-state index in [1.165, 1.54) is 0 Å². The maximum absolute atomic E-state index is 16.1. The summed E-state index contributed by atoms with van der Waals surface area (Å²) >= 11 is -3.60. The normalized spacial score (nSPS) is 12.1. The molecule has 0 fully saturated rings. The van der Waals surface area contributed by atoms with E-state index in [1.807, 2.05) is 91.0 Å². The molecule has 0 saturated heterocycles. The van der Waals surface area contributed by atoms with Crippen molar-refractivity contribution in [2.45, 2.75) is 0 Å². The molecule has 0 aliphatic rings. The van der Waals surface area contributed by atoms with Crippen LogP contribution < -0.4 is 13.4 Å². The van der Waals surface area contributed by atoms with Gasteiger partial charge in [-0.3, -0.25) is 0 Å². The van der Waals surface area contributed by atoms with Crippen molar-refractivity contribution in [3.05, 3.63) is 91.0 Å². The average molecular weight is 329 g/mol. The Morgan fingerprint density at radius 1 is 0.450 bits per heavy atom. The predicted octanol–water partition coefficient (Wildman–Crippen LogP) is 2.62. The number of benzene rings is 3. The van der Waals surface area contributed by atoms with Crippen LogP contribution in [0.15, 0.2) is 91.0 Å². The van der Waals surface area contributed by atoms with Crippen molar-refractivity contribution in [3.8, 4) is 0 Å². The van der Waals surface area contributed by atoms with E-state index >= 15 is 3.55 Å². The molecule has 0 saturated carbocycles. The van der Waals surface area contributed by atoms with Crippen molar-refractivity contribution in [2.24, 2.45) is 0 Å². The number of hydrogen-bond acceptors (Lipinski definition) is 0. The van der Waals surface area contributed by atoms with Gasteiger partial charge in [-0.2, -0.15) is 0 Å². The molecule has 0 spiro atoms. The fourth-order valence-electron chi connectivity index (χ4n) is 2.23. The molecular weight excluding hydrogens is 314 g/mol. The van der Waals surface area contributed by atoms with Gasteiger partial charge in [-0.25, -0.2) is 0 Å². The van der Waals surface area contributed by atoms with E-state index in [1.54, 1.807) is 0 Å². The molecule has 0 aromatic heterocycles. The second-order valence-corrected chi connectivity index (χ2v) is 9.70. The van der Waals surface area contributed by atoms with Gasteiger partial charge in [0.25, 0.3) is 0 Å². The van der Waals surface area contributed by atoms with Gasteiger partial charge in [-0.15, -0.1) is 0 Å². The Bertz CT molecular complexity index is 569. The molecule has 0 bridgehead atoms. The SMILES string of the molecule is F[Se](c1ccccc1)(c1ccccc1)c1ccccc1. The van der Waals surface area contributed by atoms with Crippen LogP contribution in [0, 0.1) is 0 Å². The molecule has 3 rings (SSSR count). The molecule has 0 amide bonds. The maximum atomic E-state index is 16.1. The zero-order valence-corrected chi connectivity index (χ0v) is 12.7. The summed E-state index contributed by atoms with van der Waals surface area (Å²) < 4.78 is 18.6. The van der Waals surface area contributed by atoms with Crippen LogP contribution in [-0.4, -0.2) is 13.3 Å². The molecule has 100 valence electrons. The third-order valence-corrected chi connectivity index (χ3v) is 9.01. The molecule has 0 aliphatic heterocycles. The van der Waals surface area contributed by atoms with Crippen molar-refractivity contribution in [2.75, 3.05) is 0 Å². The standard InChI is InChI=1S/C18H15FSe/c19-20(16-10-4-1-5-11-16,17-12-6-2-7-13-17)18-14-8-3-9-15-18/h1-15H. The van der Waals surface area contributed by atoms with Gasteiger partial charge in [0.1, 0.15) is 0 Å². The summed E-state index contributed by atoms with van der Waals surface area (Å²) in [7, 11) is 0. The molecule has 0 N–H and O–H groups in total. The van der Waals surface area contributed by atoms with E-state index in [9.17, 15) is 0 Å². The van der Waals surface area contributed by atoms with Gasteiger partial charge in [-0.05, 0) is 0 Å². The second kappa shape index (κ2) is 5.62. The van der Waals surface area contributed by atoms with E-state index in [0.29, 0.717) is 0 Å². The Morgan fingerprint density at radius 2 is 0.700 bits per heavy atom. The quantitative estimate of drug-likeness (QED) is 0.648. The molecule has 0 nitrogen and oxygen atoms in total. The summed E-state index contributed by atoms with van der Waals surface area (Å²) in [5.41, 5.74) is 0. The van der Waals surface area contributed by atoms with Crippen LogP contribution in [0.25, 0.3) is 0 Å². The Balaban J connectivity index is 2.24. The zero-order chi connectivity index (χ0) is 13.8. The van der Waals surface area contributed by atoms with Crippen molar-refractivity contribution in [3.63, 3.8) is 0 Å². The number of halogens is 1. The van der Waals surface area contributed by atoms with Crippen molar-refractivity contribution >= 4 is 26.7 Å². The summed E-state index contributed by atoms with van der Waals surface area (Å²) in [6.07, 6.45) is 0. The van der Waals surface area contributed by atoms with E-state index in [4.69, 9.17) is 0 Å². The van der Waals surface area contributed by atoms with Crippen LogP contribution in [0.3, 0.4) is 0 Å². The summed E-state index contributed by atoms with van der Waals surface area (Å²) in [5.74, 6) is 0. The van der Waals surface area contributed by atoms with Crippen LogP contribution in [0.5, 0.6) is 0 Å². The monoisotopic (exact) mass is 330 g/mol. The molecule has 2 heteroatoms. The predicted molar refractivity (Wildman–Crippen MR) is 85.1 cm³/mol. The first-order chi connectivity index (χ1) is 9.82. The first kappa shape index (κ1) is 13.1. The Kier molecular flexibility index (Phi) is 3.68. The van der Waals surface area contributed by atoms with Gasteiger partial charge < -0.3 is 0 Å². The van der Waals surface area contributed by atoms with Gasteiger partial charge in [0.05, 0.1) is 0 Å². The fraction of sp³-hybridized carbons (Fsp3) is 0. The first-order valence-corrected chi connectivity index (χ1v) is 9.72. The Labute approximate surface area is 121 Å². The molecule has 0 heterocycles. The number of rotatable bonds is 3. The van der Waals surface area contributed by atoms with Crippen molar-refractivity contribution in [1.82, 2.24) is 0 Å². The van der Waals surface area contributed by atoms with Crippen molar-refractivity contribution in [1.29, 1.82) is 0 Å². The number of hydrogen-bond donors (Lipinski definition) is 0. The summed E-state index contributed by atoms with van der Waals surface area (Å²) in [4.78, 5) is 0. The summed E-state index contributed by atoms with van der Waals surface area (Å²) in [5, 5.41) is 0. The van der Waals surface area contributed by atoms with Gasteiger partial charge in [0.2, 0.25) is 0 Å². The Morgan fingerprint density at radius 3 is 0.950 bits per heavy atom. The third-order valence-electron chi connectivity index (χ3n) is 3.20. The summed E-state index contributed by atoms with van der Waals surface area (Å²) in [6.45, 7) is 0. The van der Waals surface area contributed by atoms with Gasteiger partial charge in [0.15, 0.2) is 0 Å². The van der Waals surface area contributed by atoms with E-state index < -0.39 is 13.3 Å². The fourth-order valence-corrected chi connectivity index (χ4v) is 7.29. The van der Waals surface area contributed by atoms with Crippen LogP contribution in [-0.2, 0) is 0 Å². The van der Waals surface area contributed by atoms with E-state index in [2.05, 4.69) is 0 Å². The minimum absolute atomic E-state index is 0.807. The Hall–Kier alpha value is -1.89. The van der Waals surface area contributed by atoms with Gasteiger partial charge >= 0.3 is 121 Å². The molecule has 3 aromatic rings. The van der Waals surface area contributed by atoms with Crippen LogP contribution in [0.1, 0.15) is 0 Å². The van der Waals surface area contributed by atoms with E-state index in [0.717, 1.165) is 13.4 Å². The zero-order valence-electron chi connectivity index (χ0n) is 10.9. The topological polar surface area (TPSA) is 0 Å². The van der Waals surface area contributed by atoms with Crippen molar-refractivity contribution < 1.29 is 3.55 Å². The van der Waals surface area contributed by atoms with Crippen LogP contribution >= 0.6 is 0 Å². The second-order valence-electron chi connectivity index (χ2n) is 4.48. The minimum atomic E-state index is -3.60. The van der Waals surface area contributed by atoms with Gasteiger partial charge in [0, 0.05) is 0 Å². The average Bonchev–Trinajstić information content (AvgIpc) is 2.56. The molecule has 0 atom stereocenters. The third kappa shape index (κ3) is 2.29. The molecule has 3 aromatic carbocycles. The molecule has 0 aliphatic carbocycles.